The molecule has 0 aromatic carbocycles. The molecule has 0 saturated heterocycles. The zero-order valence-corrected chi connectivity index (χ0v) is 10.9. The molecule has 0 spiro atoms. The number of aryl methyl sites for hydroxylation is 2. The number of carboxylic acid groups (broad SMARTS) is 1. The fourth-order valence-corrected chi connectivity index (χ4v) is 2.38. The van der Waals surface area contributed by atoms with E-state index in [1.807, 2.05) is 6.92 Å². The Kier molecular flexibility index (Phi) is 4.62. The molecule has 6 heteroatoms. The highest BCUT2D eigenvalue weighted by atomic mass is 32.1. The Labute approximate surface area is 104 Å². The average molecular weight is 256 g/mol. The van der Waals surface area contributed by atoms with Crippen molar-refractivity contribution >= 4 is 23.2 Å². The largest absolute Gasteiger partial charge is 0.480 e. The number of aliphatic carboxylic acids is 1. The highest BCUT2D eigenvalue weighted by Gasteiger charge is 2.19. The van der Waals surface area contributed by atoms with Gasteiger partial charge in [-0.2, -0.15) is 0 Å². The van der Waals surface area contributed by atoms with E-state index < -0.39 is 12.0 Å². The van der Waals surface area contributed by atoms with Crippen molar-refractivity contribution in [2.45, 2.75) is 39.7 Å². The minimum atomic E-state index is -1.05. The summed E-state index contributed by atoms with van der Waals surface area (Å²) in [4.78, 5) is 27.2. The summed E-state index contributed by atoms with van der Waals surface area (Å²) in [6.07, 6.45) is 1.81. The molecule has 0 saturated carbocycles. The van der Waals surface area contributed by atoms with Gasteiger partial charge in [-0.25, -0.2) is 4.98 Å². The summed E-state index contributed by atoms with van der Waals surface area (Å²) >= 11 is 1.33. The Hall–Kier alpha value is -1.43. The maximum absolute atomic E-state index is 11.8. The number of aromatic nitrogens is 1. The molecule has 1 amide bonds. The second-order valence-electron chi connectivity index (χ2n) is 3.81. The number of amides is 1. The second-order valence-corrected chi connectivity index (χ2v) is 4.89. The molecule has 1 rings (SSSR count). The Morgan fingerprint density at radius 1 is 1.53 bits per heavy atom. The van der Waals surface area contributed by atoms with E-state index in [9.17, 15) is 9.59 Å². The van der Waals surface area contributed by atoms with Gasteiger partial charge in [-0.3, -0.25) is 9.59 Å². The number of carbonyl (C=O) groups is 2. The van der Waals surface area contributed by atoms with E-state index in [2.05, 4.69) is 10.3 Å². The molecule has 0 unspecified atom stereocenters. The molecule has 1 atom stereocenters. The van der Waals surface area contributed by atoms with Crippen LogP contribution >= 0.6 is 11.3 Å². The van der Waals surface area contributed by atoms with Crippen molar-refractivity contribution in [3.63, 3.8) is 0 Å². The van der Waals surface area contributed by atoms with E-state index in [4.69, 9.17) is 5.11 Å². The zero-order valence-electron chi connectivity index (χ0n) is 10.1. The van der Waals surface area contributed by atoms with Crippen LogP contribution in [-0.4, -0.2) is 28.0 Å². The van der Waals surface area contributed by atoms with E-state index in [0.29, 0.717) is 10.6 Å². The minimum absolute atomic E-state index is 0.364. The van der Waals surface area contributed by atoms with Crippen LogP contribution in [0.2, 0.25) is 0 Å². The van der Waals surface area contributed by atoms with Crippen molar-refractivity contribution in [1.82, 2.24) is 10.3 Å². The number of carbonyl (C=O) groups excluding carboxylic acids is 1. The van der Waals surface area contributed by atoms with Crippen LogP contribution in [0.15, 0.2) is 0 Å². The maximum Gasteiger partial charge on any atom is 0.325 e. The smallest absolute Gasteiger partial charge is 0.325 e. The number of nitrogens with zero attached hydrogens (tertiary/aromatic N) is 1. The van der Waals surface area contributed by atoms with Gasteiger partial charge >= 0.3 is 5.97 Å². The predicted octanol–water partition coefficient (Wildman–Crippen LogP) is 1.61. The number of nitrogens with one attached hydrogen (secondary N) is 1. The van der Waals surface area contributed by atoms with Crippen LogP contribution in [0.4, 0.5) is 0 Å². The minimum Gasteiger partial charge on any atom is -0.480 e. The molecule has 1 aromatic heterocycles. The topological polar surface area (TPSA) is 79.3 Å². The third-order valence-electron chi connectivity index (χ3n) is 2.23. The molecule has 1 aromatic rings. The van der Waals surface area contributed by atoms with Gasteiger partial charge in [-0.15, -0.1) is 11.3 Å². The second kappa shape index (κ2) is 5.77. The molecule has 0 aliphatic rings. The molecule has 94 valence electrons. The number of hydrogen-bond acceptors (Lipinski definition) is 4. The van der Waals surface area contributed by atoms with Crippen LogP contribution in [0.25, 0.3) is 0 Å². The number of hydrogen-bond donors (Lipinski definition) is 2. The average Bonchev–Trinajstić information content (AvgIpc) is 2.59. The highest BCUT2D eigenvalue weighted by Crippen LogP contribution is 2.19. The van der Waals surface area contributed by atoms with E-state index in [1.165, 1.54) is 18.3 Å². The molecule has 5 nitrogen and oxygen atoms in total. The Bertz CT molecular complexity index is 428. The lowest BCUT2D eigenvalue weighted by molar-refractivity contribution is -0.138. The number of carboxylic acids is 1. The quantitative estimate of drug-likeness (QED) is 0.838. The van der Waals surface area contributed by atoms with Crippen LogP contribution in [0.1, 0.15) is 40.6 Å². The third kappa shape index (κ3) is 3.52. The Balaban J connectivity index is 2.78. The monoisotopic (exact) mass is 256 g/mol. The van der Waals surface area contributed by atoms with Gasteiger partial charge in [-0.05, 0) is 26.7 Å². The molecule has 17 heavy (non-hydrogen) atoms. The van der Waals surface area contributed by atoms with Crippen LogP contribution in [0.5, 0.6) is 0 Å². The Morgan fingerprint density at radius 2 is 2.18 bits per heavy atom. The van der Waals surface area contributed by atoms with E-state index in [1.54, 1.807) is 6.92 Å². The van der Waals surface area contributed by atoms with Gasteiger partial charge in [0.15, 0.2) is 0 Å². The van der Waals surface area contributed by atoms with Crippen molar-refractivity contribution in [2.75, 3.05) is 0 Å². The number of rotatable bonds is 5. The van der Waals surface area contributed by atoms with E-state index in [-0.39, 0.29) is 5.91 Å². The Morgan fingerprint density at radius 3 is 2.71 bits per heavy atom. The van der Waals surface area contributed by atoms with Gasteiger partial charge in [0.1, 0.15) is 10.9 Å². The summed E-state index contributed by atoms with van der Waals surface area (Å²) in [5.41, 5.74) is 0.661. The van der Waals surface area contributed by atoms with Crippen molar-refractivity contribution in [2.24, 2.45) is 0 Å². The molecule has 0 radical (unpaired) electrons. The molecule has 2 N–H and O–H groups in total. The molecular weight excluding hydrogens is 240 g/mol. The van der Waals surface area contributed by atoms with Gasteiger partial charge in [0.2, 0.25) is 0 Å². The van der Waals surface area contributed by atoms with Crippen LogP contribution in [0, 0.1) is 6.92 Å². The SMILES string of the molecule is CCCc1nc(C)c(C(=O)N[C@@H](C)C(=O)O)s1. The summed E-state index contributed by atoms with van der Waals surface area (Å²) < 4.78 is 0. The lowest BCUT2D eigenvalue weighted by Crippen LogP contribution is -2.38. The maximum atomic E-state index is 11.8. The first kappa shape index (κ1) is 13.6. The first-order valence-electron chi connectivity index (χ1n) is 5.45. The number of thiazole rings is 1. The summed E-state index contributed by atoms with van der Waals surface area (Å²) in [5.74, 6) is -1.41. The van der Waals surface area contributed by atoms with Crippen LogP contribution < -0.4 is 5.32 Å². The molecule has 0 fully saturated rings. The lowest BCUT2D eigenvalue weighted by atomic mass is 10.3. The normalized spacial score (nSPS) is 12.2. The highest BCUT2D eigenvalue weighted by molar-refractivity contribution is 7.13. The molecule has 0 aliphatic heterocycles. The van der Waals surface area contributed by atoms with Crippen molar-refractivity contribution in [3.8, 4) is 0 Å². The van der Waals surface area contributed by atoms with Crippen molar-refractivity contribution in [1.29, 1.82) is 0 Å². The third-order valence-corrected chi connectivity index (χ3v) is 3.44. The fourth-order valence-electron chi connectivity index (χ4n) is 1.31. The van der Waals surface area contributed by atoms with Crippen LogP contribution in [-0.2, 0) is 11.2 Å². The van der Waals surface area contributed by atoms with Gasteiger partial charge in [0.05, 0.1) is 10.7 Å². The first-order chi connectivity index (χ1) is 7.95. The fraction of sp³-hybridized carbons (Fsp3) is 0.545. The van der Waals surface area contributed by atoms with Crippen LogP contribution in [0.3, 0.4) is 0 Å². The summed E-state index contributed by atoms with van der Waals surface area (Å²) in [5, 5.41) is 12.0. The molecular formula is C11H16N2O3S. The standard InChI is InChI=1S/C11H16N2O3S/c1-4-5-8-12-6(2)9(17-8)10(14)13-7(3)11(15)16/h7H,4-5H2,1-3H3,(H,13,14)(H,15,16)/t7-/m0/s1. The zero-order chi connectivity index (χ0) is 13.0. The van der Waals surface area contributed by atoms with Gasteiger partial charge in [0.25, 0.3) is 5.91 Å². The molecule has 1 heterocycles. The van der Waals surface area contributed by atoms with Crippen molar-refractivity contribution in [3.05, 3.63) is 15.6 Å². The van der Waals surface area contributed by atoms with Gasteiger partial charge < -0.3 is 10.4 Å². The predicted molar refractivity (Wildman–Crippen MR) is 65.4 cm³/mol. The summed E-state index contributed by atoms with van der Waals surface area (Å²) in [6, 6.07) is -0.890. The lowest BCUT2D eigenvalue weighted by Gasteiger charge is -2.07. The molecule has 0 aliphatic carbocycles. The summed E-state index contributed by atoms with van der Waals surface area (Å²) in [7, 11) is 0. The first-order valence-corrected chi connectivity index (χ1v) is 6.27. The van der Waals surface area contributed by atoms with Gasteiger partial charge in [-0.1, -0.05) is 6.92 Å². The van der Waals surface area contributed by atoms with Gasteiger partial charge in [0, 0.05) is 0 Å². The van der Waals surface area contributed by atoms with E-state index >= 15 is 0 Å². The van der Waals surface area contributed by atoms with Crippen molar-refractivity contribution < 1.29 is 14.7 Å². The molecule has 0 bridgehead atoms. The van der Waals surface area contributed by atoms with E-state index in [0.717, 1.165) is 17.8 Å². The summed E-state index contributed by atoms with van der Waals surface area (Å²) in [6.45, 7) is 5.24.